The van der Waals surface area contributed by atoms with Gasteiger partial charge in [-0.05, 0) is 60.1 Å². The molecule has 4 rings (SSSR count). The number of carboxylic acid groups (broad SMARTS) is 2. The van der Waals surface area contributed by atoms with E-state index in [1.54, 1.807) is 18.5 Å². The second-order valence-electron chi connectivity index (χ2n) is 14.1. The zero-order chi connectivity index (χ0) is 38.4. The number of thiophene rings is 1. The van der Waals surface area contributed by atoms with Crippen molar-refractivity contribution in [3.63, 3.8) is 0 Å². The third-order valence-corrected chi connectivity index (χ3v) is 10.2. The number of carbonyl (C=O) groups excluding carboxylic acids is 2. The lowest BCUT2D eigenvalue weighted by Crippen LogP contribution is -2.52. The highest BCUT2D eigenvalue weighted by atomic mass is 32.1. The van der Waals surface area contributed by atoms with Crippen LogP contribution in [0.1, 0.15) is 99.2 Å². The molecule has 0 bridgehead atoms. The van der Waals surface area contributed by atoms with Crippen molar-refractivity contribution in [1.82, 2.24) is 20.6 Å². The molecule has 2 amide bonds. The van der Waals surface area contributed by atoms with Crippen molar-refractivity contribution >= 4 is 35.1 Å². The van der Waals surface area contributed by atoms with E-state index in [9.17, 15) is 24.3 Å². The van der Waals surface area contributed by atoms with Gasteiger partial charge in [-0.2, -0.15) is 0 Å². The summed E-state index contributed by atoms with van der Waals surface area (Å²) in [6.07, 6.45) is 9.32. The van der Waals surface area contributed by atoms with Gasteiger partial charge in [0.15, 0.2) is 5.82 Å². The van der Waals surface area contributed by atoms with Gasteiger partial charge in [-0.3, -0.25) is 14.4 Å². The first kappa shape index (κ1) is 40.7. The molecule has 0 aliphatic heterocycles. The van der Waals surface area contributed by atoms with Gasteiger partial charge in [0.1, 0.15) is 17.8 Å². The fourth-order valence-electron chi connectivity index (χ4n) is 5.58. The van der Waals surface area contributed by atoms with Crippen LogP contribution in [0.25, 0.3) is 22.5 Å². The van der Waals surface area contributed by atoms with E-state index in [0.717, 1.165) is 33.7 Å². The minimum Gasteiger partial charge on any atom is -0.494 e. The number of rotatable bonds is 20. The van der Waals surface area contributed by atoms with E-state index in [-0.39, 0.29) is 31.1 Å². The largest absolute Gasteiger partial charge is 0.494 e. The minimum absolute atomic E-state index is 0.0689. The number of amides is 2. The highest BCUT2D eigenvalue weighted by Gasteiger charge is 2.28. The Bertz CT molecular complexity index is 1800. The Morgan fingerprint density at radius 2 is 1.43 bits per heavy atom. The predicted molar refractivity (Wildman–Crippen MR) is 206 cm³/mol. The molecule has 0 fully saturated rings. The van der Waals surface area contributed by atoms with Gasteiger partial charge in [-0.25, -0.2) is 14.8 Å². The van der Waals surface area contributed by atoms with E-state index in [1.165, 1.54) is 37.0 Å². The third kappa shape index (κ3) is 12.8. The maximum absolute atomic E-state index is 13.5. The summed E-state index contributed by atoms with van der Waals surface area (Å²) in [7, 11) is 0. The van der Waals surface area contributed by atoms with Crippen LogP contribution in [0.15, 0.2) is 73.1 Å². The lowest BCUT2D eigenvalue weighted by atomic mass is 9.95. The molecule has 0 radical (unpaired) electrons. The maximum Gasteiger partial charge on any atom is 0.326 e. The van der Waals surface area contributed by atoms with E-state index < -0.39 is 35.8 Å². The summed E-state index contributed by atoms with van der Waals surface area (Å²) < 4.78 is 5.88. The molecule has 2 atom stereocenters. The molecular formula is C41H50N4O7S. The molecule has 0 saturated heterocycles. The number of benzene rings is 2. The molecule has 53 heavy (non-hydrogen) atoms. The zero-order valence-electron chi connectivity index (χ0n) is 30.9. The molecule has 0 saturated carbocycles. The molecule has 0 aliphatic rings. The Balaban J connectivity index is 1.43. The molecule has 4 N–H and O–H groups in total. The minimum atomic E-state index is -1.31. The van der Waals surface area contributed by atoms with Crippen molar-refractivity contribution in [2.45, 2.75) is 103 Å². The zero-order valence-corrected chi connectivity index (χ0v) is 31.7. The van der Waals surface area contributed by atoms with Crippen LogP contribution in [-0.2, 0) is 26.2 Å². The molecular weight excluding hydrogens is 693 g/mol. The van der Waals surface area contributed by atoms with Crippen LogP contribution in [0.3, 0.4) is 0 Å². The lowest BCUT2D eigenvalue weighted by Gasteiger charge is -2.21. The standard InChI is InChI=1S/C41H50N4O7S/c1-5-6-7-8-9-23-52-31-19-17-28(18-20-31)30-25-42-37(43-26-30)29-15-13-27(14-16-29)24-33(38(48)44-32(40(50)51)11-10-12-36(46)47)45-39(49)34-21-22-35(53-34)41(2,3)4/h13-22,25-26,32-33H,5-12,23-24H2,1-4H3,(H,44,48)(H,45,49)(H,46,47)(H,50,51). The topological polar surface area (TPSA) is 168 Å². The van der Waals surface area contributed by atoms with Gasteiger partial charge >= 0.3 is 11.9 Å². The number of hydrogen-bond acceptors (Lipinski definition) is 8. The Kier molecular flexibility index (Phi) is 15.1. The number of aromatic nitrogens is 2. The van der Waals surface area contributed by atoms with Gasteiger partial charge < -0.3 is 25.6 Å². The second-order valence-corrected chi connectivity index (χ2v) is 15.2. The smallest absolute Gasteiger partial charge is 0.326 e. The van der Waals surface area contributed by atoms with Gasteiger partial charge in [-0.1, -0.05) is 89.8 Å². The highest BCUT2D eigenvalue weighted by Crippen LogP contribution is 2.30. The van der Waals surface area contributed by atoms with Crippen molar-refractivity contribution in [2.75, 3.05) is 6.61 Å². The van der Waals surface area contributed by atoms with Crippen LogP contribution in [0.4, 0.5) is 0 Å². The number of aliphatic carboxylic acids is 2. The molecule has 2 heterocycles. The highest BCUT2D eigenvalue weighted by molar-refractivity contribution is 7.14. The first-order valence-corrected chi connectivity index (χ1v) is 19.0. The Morgan fingerprint density at radius 1 is 0.774 bits per heavy atom. The maximum atomic E-state index is 13.5. The van der Waals surface area contributed by atoms with E-state index >= 15 is 0 Å². The second kappa shape index (κ2) is 19.7. The first-order chi connectivity index (χ1) is 25.3. The van der Waals surface area contributed by atoms with Gasteiger partial charge in [0.05, 0.1) is 11.5 Å². The lowest BCUT2D eigenvalue weighted by molar-refractivity contribution is -0.143. The Hall–Kier alpha value is -5.10. The van der Waals surface area contributed by atoms with Crippen molar-refractivity contribution in [3.05, 3.63) is 88.4 Å². The number of nitrogens with zero attached hydrogens (tertiary/aromatic N) is 2. The van der Waals surface area contributed by atoms with E-state index in [0.29, 0.717) is 22.9 Å². The number of carboxylic acids is 2. The Labute approximate surface area is 315 Å². The first-order valence-electron chi connectivity index (χ1n) is 18.1. The van der Waals surface area contributed by atoms with Crippen molar-refractivity contribution < 1.29 is 34.1 Å². The molecule has 2 aromatic carbocycles. The molecule has 2 aromatic heterocycles. The predicted octanol–water partition coefficient (Wildman–Crippen LogP) is 7.68. The molecule has 12 heteroatoms. The molecule has 11 nitrogen and oxygen atoms in total. The Morgan fingerprint density at radius 3 is 2.04 bits per heavy atom. The third-order valence-electron chi connectivity index (χ3n) is 8.70. The summed E-state index contributed by atoms with van der Waals surface area (Å²) in [5.41, 5.74) is 3.14. The summed E-state index contributed by atoms with van der Waals surface area (Å²) in [4.78, 5) is 60.3. The molecule has 4 aromatic rings. The van der Waals surface area contributed by atoms with Crippen LogP contribution in [-0.4, -0.2) is 62.6 Å². The van der Waals surface area contributed by atoms with Gasteiger partial charge in [0, 0.05) is 41.2 Å². The molecule has 2 unspecified atom stereocenters. The fraction of sp³-hybridized carbons (Fsp3) is 0.415. The number of ether oxygens (including phenoxy) is 1. The molecule has 0 spiro atoms. The number of hydrogen-bond donors (Lipinski definition) is 4. The SMILES string of the molecule is CCCCCCCOc1ccc(-c2cnc(-c3ccc(CC(NC(=O)c4ccc(C(C)(C)C)s4)C(=O)NC(CCCC(=O)O)C(=O)O)cc3)nc2)cc1. The van der Waals surface area contributed by atoms with Crippen molar-refractivity contribution in [2.24, 2.45) is 0 Å². The number of carbonyl (C=O) groups is 4. The molecule has 282 valence electrons. The summed E-state index contributed by atoms with van der Waals surface area (Å²) in [6.45, 7) is 9.04. The normalized spacial score (nSPS) is 12.5. The van der Waals surface area contributed by atoms with Gasteiger partial charge in [0.2, 0.25) is 5.91 Å². The van der Waals surface area contributed by atoms with Crippen LogP contribution >= 0.6 is 11.3 Å². The summed E-state index contributed by atoms with van der Waals surface area (Å²) >= 11 is 1.33. The van der Waals surface area contributed by atoms with Crippen LogP contribution in [0.5, 0.6) is 5.75 Å². The van der Waals surface area contributed by atoms with E-state index in [1.807, 2.05) is 75.4 Å². The quantitative estimate of drug-likeness (QED) is 0.0664. The monoisotopic (exact) mass is 742 g/mol. The average molecular weight is 743 g/mol. The van der Waals surface area contributed by atoms with Crippen LogP contribution < -0.4 is 15.4 Å². The number of nitrogens with one attached hydrogen (secondary N) is 2. The summed E-state index contributed by atoms with van der Waals surface area (Å²) in [5, 5.41) is 24.0. The summed E-state index contributed by atoms with van der Waals surface area (Å²) in [6, 6.07) is 16.3. The fourth-order valence-corrected chi connectivity index (χ4v) is 6.55. The van der Waals surface area contributed by atoms with Crippen LogP contribution in [0.2, 0.25) is 0 Å². The van der Waals surface area contributed by atoms with Gasteiger partial charge in [-0.15, -0.1) is 11.3 Å². The van der Waals surface area contributed by atoms with E-state index in [4.69, 9.17) is 9.84 Å². The number of unbranched alkanes of at least 4 members (excludes halogenated alkanes) is 4. The van der Waals surface area contributed by atoms with Crippen molar-refractivity contribution in [1.29, 1.82) is 0 Å². The van der Waals surface area contributed by atoms with Crippen LogP contribution in [0, 0.1) is 0 Å². The summed E-state index contributed by atoms with van der Waals surface area (Å²) in [5.74, 6) is -2.12. The molecule has 0 aliphatic carbocycles. The van der Waals surface area contributed by atoms with E-state index in [2.05, 4.69) is 27.5 Å². The van der Waals surface area contributed by atoms with Crippen molar-refractivity contribution in [3.8, 4) is 28.3 Å². The van der Waals surface area contributed by atoms with Gasteiger partial charge in [0.25, 0.3) is 5.91 Å². The average Bonchev–Trinajstić information content (AvgIpc) is 3.65.